The monoisotopic (exact) mass is 506 g/mol. The molecule has 9 nitrogen and oxygen atoms in total. The second-order valence-electron chi connectivity index (χ2n) is 8.93. The van der Waals surface area contributed by atoms with E-state index in [9.17, 15) is 9.18 Å². The minimum Gasteiger partial charge on any atom is -0.335 e. The Morgan fingerprint density at radius 2 is 1.89 bits per heavy atom. The lowest BCUT2D eigenvalue weighted by molar-refractivity contribution is -0.116. The van der Waals surface area contributed by atoms with Gasteiger partial charge in [0.25, 0.3) is 0 Å². The maximum absolute atomic E-state index is 13.5. The van der Waals surface area contributed by atoms with Gasteiger partial charge in [0, 0.05) is 29.9 Å². The second kappa shape index (κ2) is 9.81. The Hall–Kier alpha value is -4.99. The number of hydrogen-bond donors (Lipinski definition) is 3. The average molecular weight is 507 g/mol. The van der Waals surface area contributed by atoms with Crippen molar-refractivity contribution in [1.29, 1.82) is 0 Å². The summed E-state index contributed by atoms with van der Waals surface area (Å²) < 4.78 is 13.5. The van der Waals surface area contributed by atoms with Crippen molar-refractivity contribution in [3.05, 3.63) is 72.9 Å². The van der Waals surface area contributed by atoms with E-state index < -0.39 is 0 Å². The summed E-state index contributed by atoms with van der Waals surface area (Å²) >= 11 is 0. The number of fused-ring (bicyclic) bond motifs is 2. The Labute approximate surface area is 216 Å². The normalized spacial score (nSPS) is 11.3. The molecule has 0 spiro atoms. The smallest absolute Gasteiger partial charge is 0.224 e. The summed E-state index contributed by atoms with van der Waals surface area (Å²) in [6.45, 7) is 2.05. The van der Waals surface area contributed by atoms with Crippen LogP contribution in [0.1, 0.15) is 26.2 Å². The van der Waals surface area contributed by atoms with Crippen molar-refractivity contribution in [2.24, 2.45) is 0 Å². The molecule has 0 aliphatic carbocycles. The zero-order chi connectivity index (χ0) is 26.1. The van der Waals surface area contributed by atoms with E-state index >= 15 is 0 Å². The van der Waals surface area contributed by atoms with Crippen LogP contribution < -0.4 is 5.32 Å². The van der Waals surface area contributed by atoms with Crippen molar-refractivity contribution in [3.8, 4) is 33.9 Å². The first kappa shape index (κ1) is 23.4. The van der Waals surface area contributed by atoms with Crippen LogP contribution in [0, 0.1) is 5.82 Å². The molecule has 1 aromatic carbocycles. The third-order valence-corrected chi connectivity index (χ3v) is 6.25. The summed E-state index contributed by atoms with van der Waals surface area (Å²) in [5.74, 6) is 0.173. The largest absolute Gasteiger partial charge is 0.335 e. The highest BCUT2D eigenvalue weighted by molar-refractivity contribution is 5.95. The number of pyridine rings is 3. The van der Waals surface area contributed by atoms with E-state index in [-0.39, 0.29) is 11.7 Å². The average Bonchev–Trinajstić information content (AvgIpc) is 3.56. The SMILES string of the molecule is CCCCC(=O)Nc1cncc(-c2ccc3[nH]nc(-c4nc5nccc(-c6ccc(F)cc6)c5[nH]4)c3n2)c1. The summed E-state index contributed by atoms with van der Waals surface area (Å²) in [6.07, 6.45) is 7.26. The zero-order valence-corrected chi connectivity index (χ0v) is 20.5. The molecule has 0 saturated heterocycles. The summed E-state index contributed by atoms with van der Waals surface area (Å²) in [5, 5.41) is 10.4. The summed E-state index contributed by atoms with van der Waals surface area (Å²) in [6, 6.07) is 13.8. The van der Waals surface area contributed by atoms with E-state index in [1.165, 1.54) is 12.1 Å². The van der Waals surface area contributed by atoms with Gasteiger partial charge >= 0.3 is 0 Å². The molecule has 3 N–H and O–H groups in total. The Balaban J connectivity index is 1.37. The first-order valence-electron chi connectivity index (χ1n) is 12.3. The van der Waals surface area contributed by atoms with Gasteiger partial charge in [0.2, 0.25) is 5.91 Å². The number of benzene rings is 1. The molecule has 10 heteroatoms. The molecule has 5 aromatic heterocycles. The Kier molecular flexibility index (Phi) is 6.04. The Bertz CT molecular complexity index is 1770. The van der Waals surface area contributed by atoms with Gasteiger partial charge in [-0.05, 0) is 48.4 Å². The fraction of sp³-hybridized carbons (Fsp3) is 0.143. The van der Waals surface area contributed by atoms with Crippen LogP contribution in [-0.2, 0) is 4.79 Å². The van der Waals surface area contributed by atoms with Crippen LogP contribution in [0.15, 0.2) is 67.1 Å². The first-order valence-corrected chi connectivity index (χ1v) is 12.3. The number of carbonyl (C=O) groups is 1. The summed E-state index contributed by atoms with van der Waals surface area (Å²) in [5.41, 5.74) is 6.91. The van der Waals surface area contributed by atoms with Gasteiger partial charge in [-0.3, -0.25) is 14.9 Å². The van der Waals surface area contributed by atoms with Gasteiger partial charge in [-0.2, -0.15) is 5.10 Å². The van der Waals surface area contributed by atoms with Crippen molar-refractivity contribution in [3.63, 3.8) is 0 Å². The minimum absolute atomic E-state index is 0.0372. The molecule has 0 unspecified atom stereocenters. The molecule has 38 heavy (non-hydrogen) atoms. The number of hydrogen-bond acceptors (Lipinski definition) is 6. The standard InChI is InChI=1S/C28H23FN8O/c1-2-3-4-23(38)32-19-13-17(14-30-15-19)21-9-10-22-25(33-21)26(37-36-22)28-34-24-20(11-12-31-27(24)35-28)16-5-7-18(29)8-6-16/h5-15H,2-4H2,1H3,(H,32,38)(H,36,37)(H,31,34,35). The molecule has 0 fully saturated rings. The van der Waals surface area contributed by atoms with E-state index in [4.69, 9.17) is 4.98 Å². The number of aromatic amines is 2. The van der Waals surface area contributed by atoms with E-state index in [1.807, 2.05) is 31.2 Å². The molecule has 188 valence electrons. The fourth-order valence-electron chi connectivity index (χ4n) is 4.33. The van der Waals surface area contributed by atoms with Gasteiger partial charge in [0.15, 0.2) is 17.2 Å². The number of halogens is 1. The third kappa shape index (κ3) is 4.47. The van der Waals surface area contributed by atoms with Gasteiger partial charge < -0.3 is 10.3 Å². The van der Waals surface area contributed by atoms with E-state index in [0.29, 0.717) is 40.5 Å². The molecule has 0 saturated carbocycles. The number of nitrogens with one attached hydrogen (secondary N) is 3. The van der Waals surface area contributed by atoms with E-state index in [0.717, 1.165) is 40.6 Å². The maximum atomic E-state index is 13.5. The summed E-state index contributed by atoms with van der Waals surface area (Å²) in [7, 11) is 0. The second-order valence-corrected chi connectivity index (χ2v) is 8.93. The van der Waals surface area contributed by atoms with Gasteiger partial charge in [0.1, 0.15) is 11.3 Å². The van der Waals surface area contributed by atoms with Crippen molar-refractivity contribution in [2.45, 2.75) is 26.2 Å². The van der Waals surface area contributed by atoms with Crippen LogP contribution >= 0.6 is 0 Å². The van der Waals surface area contributed by atoms with Crippen molar-refractivity contribution < 1.29 is 9.18 Å². The molecule has 6 rings (SSSR count). The fourth-order valence-corrected chi connectivity index (χ4v) is 4.33. The van der Waals surface area contributed by atoms with E-state index in [2.05, 4.69) is 35.5 Å². The van der Waals surface area contributed by atoms with Crippen molar-refractivity contribution >= 4 is 33.8 Å². The van der Waals surface area contributed by atoms with Crippen LogP contribution in [0.4, 0.5) is 10.1 Å². The number of rotatable bonds is 7. The topological polar surface area (TPSA) is 125 Å². The molecular weight excluding hydrogens is 483 g/mol. The highest BCUT2D eigenvalue weighted by atomic mass is 19.1. The third-order valence-electron chi connectivity index (χ3n) is 6.25. The number of aromatic nitrogens is 7. The number of nitrogens with zero attached hydrogens (tertiary/aromatic N) is 5. The van der Waals surface area contributed by atoms with Crippen molar-refractivity contribution in [2.75, 3.05) is 5.32 Å². The molecule has 6 aromatic rings. The maximum Gasteiger partial charge on any atom is 0.224 e. The number of H-pyrrole nitrogens is 2. The van der Waals surface area contributed by atoms with Gasteiger partial charge in [-0.15, -0.1) is 0 Å². The molecule has 0 aliphatic rings. The van der Waals surface area contributed by atoms with Crippen LogP contribution in [-0.4, -0.2) is 41.0 Å². The minimum atomic E-state index is -0.297. The van der Waals surface area contributed by atoms with E-state index in [1.54, 1.807) is 30.7 Å². The molecule has 0 bridgehead atoms. The Morgan fingerprint density at radius 3 is 2.74 bits per heavy atom. The van der Waals surface area contributed by atoms with Crippen molar-refractivity contribution in [1.82, 2.24) is 35.1 Å². The predicted molar refractivity (Wildman–Crippen MR) is 144 cm³/mol. The highest BCUT2D eigenvalue weighted by Gasteiger charge is 2.17. The first-order chi connectivity index (χ1) is 18.6. The van der Waals surface area contributed by atoms with Crippen LogP contribution in [0.2, 0.25) is 0 Å². The lowest BCUT2D eigenvalue weighted by Crippen LogP contribution is -2.11. The number of unbranched alkanes of at least 4 members (excludes halogenated alkanes) is 1. The molecule has 0 radical (unpaired) electrons. The number of amides is 1. The molecule has 0 aliphatic heterocycles. The van der Waals surface area contributed by atoms with Crippen LogP contribution in [0.5, 0.6) is 0 Å². The van der Waals surface area contributed by atoms with Crippen LogP contribution in [0.3, 0.4) is 0 Å². The number of carbonyl (C=O) groups excluding carboxylic acids is 1. The molecule has 5 heterocycles. The quantitative estimate of drug-likeness (QED) is 0.248. The molecular formula is C28H23FN8O. The van der Waals surface area contributed by atoms with Crippen LogP contribution in [0.25, 0.3) is 56.1 Å². The molecule has 0 atom stereocenters. The Morgan fingerprint density at radius 1 is 1.03 bits per heavy atom. The van der Waals surface area contributed by atoms with Gasteiger partial charge in [-0.1, -0.05) is 25.5 Å². The number of anilines is 1. The zero-order valence-electron chi connectivity index (χ0n) is 20.5. The predicted octanol–water partition coefficient (Wildman–Crippen LogP) is 5.89. The highest BCUT2D eigenvalue weighted by Crippen LogP contribution is 2.31. The lowest BCUT2D eigenvalue weighted by atomic mass is 10.1. The summed E-state index contributed by atoms with van der Waals surface area (Å²) in [4.78, 5) is 33.7. The lowest BCUT2D eigenvalue weighted by Gasteiger charge is -2.07. The van der Waals surface area contributed by atoms with Gasteiger partial charge in [0.05, 0.1) is 28.6 Å². The molecule has 1 amide bonds. The number of imidazole rings is 1. The van der Waals surface area contributed by atoms with Gasteiger partial charge in [-0.25, -0.2) is 19.3 Å².